The van der Waals surface area contributed by atoms with Gasteiger partial charge in [-0.15, -0.1) is 0 Å². The first-order valence-corrected chi connectivity index (χ1v) is 10.2. The minimum absolute atomic E-state index is 0.368. The predicted molar refractivity (Wildman–Crippen MR) is 106 cm³/mol. The molecule has 0 atom stereocenters. The number of hydrogen-bond acceptors (Lipinski definition) is 4. The Kier molecular flexibility index (Phi) is 7.18. The predicted octanol–water partition coefficient (Wildman–Crippen LogP) is 3.00. The number of rotatable bonds is 7. The topological polar surface area (TPSA) is 36.0 Å². The highest BCUT2D eigenvalue weighted by Crippen LogP contribution is 2.28. The molecule has 0 spiro atoms. The van der Waals surface area contributed by atoms with Crippen LogP contribution < -0.4 is 9.64 Å². The molecule has 0 radical (unpaired) electrons. The molecular formula is C21H33N3O2. The molecule has 0 aromatic heterocycles. The van der Waals surface area contributed by atoms with Gasteiger partial charge in [0.15, 0.2) is 0 Å². The van der Waals surface area contributed by atoms with Crippen molar-refractivity contribution in [1.29, 1.82) is 0 Å². The van der Waals surface area contributed by atoms with E-state index in [1.54, 1.807) is 7.11 Å². The lowest BCUT2D eigenvalue weighted by molar-refractivity contribution is -0.130. The van der Waals surface area contributed by atoms with Crippen LogP contribution in [0.4, 0.5) is 5.69 Å². The second-order valence-corrected chi connectivity index (χ2v) is 7.40. The van der Waals surface area contributed by atoms with Crippen LogP contribution in [0.5, 0.6) is 5.75 Å². The summed E-state index contributed by atoms with van der Waals surface area (Å²) in [5, 5.41) is 0. The summed E-state index contributed by atoms with van der Waals surface area (Å²) in [5.74, 6) is 1.33. The molecule has 26 heavy (non-hydrogen) atoms. The number of anilines is 1. The van der Waals surface area contributed by atoms with Crippen molar-refractivity contribution in [2.75, 3.05) is 57.8 Å². The first-order chi connectivity index (χ1) is 12.8. The van der Waals surface area contributed by atoms with Gasteiger partial charge in [0, 0.05) is 45.7 Å². The van der Waals surface area contributed by atoms with Gasteiger partial charge in [0.05, 0.1) is 12.8 Å². The van der Waals surface area contributed by atoms with E-state index in [4.69, 9.17) is 4.74 Å². The number of likely N-dealkylation sites (tertiary alicyclic amines) is 1. The fourth-order valence-electron chi connectivity index (χ4n) is 4.02. The summed E-state index contributed by atoms with van der Waals surface area (Å²) in [6.07, 6.45) is 6.52. The van der Waals surface area contributed by atoms with E-state index in [2.05, 4.69) is 26.8 Å². The van der Waals surface area contributed by atoms with E-state index in [0.29, 0.717) is 5.91 Å². The van der Waals surface area contributed by atoms with Crippen molar-refractivity contribution in [3.63, 3.8) is 0 Å². The Morgan fingerprint density at radius 1 is 0.923 bits per heavy atom. The summed E-state index contributed by atoms with van der Waals surface area (Å²) >= 11 is 0. The summed E-state index contributed by atoms with van der Waals surface area (Å²) in [6, 6.07) is 8.28. The van der Waals surface area contributed by atoms with Crippen molar-refractivity contribution >= 4 is 11.6 Å². The third kappa shape index (κ3) is 5.13. The van der Waals surface area contributed by atoms with E-state index in [1.165, 1.54) is 24.9 Å². The molecular weight excluding hydrogens is 326 g/mol. The number of amides is 1. The van der Waals surface area contributed by atoms with E-state index < -0.39 is 0 Å². The van der Waals surface area contributed by atoms with E-state index in [-0.39, 0.29) is 0 Å². The second-order valence-electron chi connectivity index (χ2n) is 7.40. The molecule has 0 unspecified atom stereocenters. The molecule has 1 aromatic carbocycles. The fourth-order valence-corrected chi connectivity index (χ4v) is 4.02. The SMILES string of the molecule is COc1ccccc1N1CCN(CCCCN2CCCCCC2=O)CC1. The van der Waals surface area contributed by atoms with Crippen LogP contribution in [-0.2, 0) is 4.79 Å². The lowest BCUT2D eigenvalue weighted by Gasteiger charge is -2.36. The third-order valence-electron chi connectivity index (χ3n) is 5.62. The summed E-state index contributed by atoms with van der Waals surface area (Å²) < 4.78 is 5.49. The summed E-state index contributed by atoms with van der Waals surface area (Å²) in [6.45, 7) is 7.34. The number of para-hydroxylation sites is 2. The zero-order chi connectivity index (χ0) is 18.2. The molecule has 2 aliphatic heterocycles. The molecule has 1 amide bonds. The molecule has 5 heteroatoms. The molecule has 2 saturated heterocycles. The van der Waals surface area contributed by atoms with Crippen molar-refractivity contribution in [3.8, 4) is 5.75 Å². The van der Waals surface area contributed by atoms with Gasteiger partial charge in [-0.05, 0) is 44.4 Å². The van der Waals surface area contributed by atoms with Gasteiger partial charge < -0.3 is 14.5 Å². The molecule has 1 aromatic rings. The number of methoxy groups -OCH3 is 1. The number of ether oxygens (including phenoxy) is 1. The zero-order valence-corrected chi connectivity index (χ0v) is 16.2. The standard InChI is InChI=1S/C21H33N3O2/c1-26-20-10-5-4-9-19(20)23-17-15-22(16-18-23)12-7-8-14-24-13-6-2-3-11-21(24)25/h4-5,9-10H,2-3,6-8,11-18H2,1H3. The maximum Gasteiger partial charge on any atom is 0.222 e. The second kappa shape index (κ2) is 9.81. The van der Waals surface area contributed by atoms with Crippen molar-refractivity contribution in [2.45, 2.75) is 38.5 Å². The Morgan fingerprint density at radius 2 is 1.69 bits per heavy atom. The van der Waals surface area contributed by atoms with Crippen LogP contribution in [0.1, 0.15) is 38.5 Å². The maximum atomic E-state index is 12.0. The molecule has 144 valence electrons. The summed E-state index contributed by atoms with van der Waals surface area (Å²) in [4.78, 5) is 19.1. The molecule has 2 heterocycles. The molecule has 2 fully saturated rings. The van der Waals surface area contributed by atoms with E-state index >= 15 is 0 Å². The smallest absolute Gasteiger partial charge is 0.222 e. The Labute approximate surface area is 157 Å². The average molecular weight is 360 g/mol. The first kappa shape index (κ1) is 19.0. The molecule has 3 rings (SSSR count). The Balaban J connectivity index is 1.36. The van der Waals surface area contributed by atoms with Crippen molar-refractivity contribution < 1.29 is 9.53 Å². The number of benzene rings is 1. The lowest BCUT2D eigenvalue weighted by Crippen LogP contribution is -2.46. The number of carbonyl (C=O) groups excluding carboxylic acids is 1. The maximum absolute atomic E-state index is 12.0. The van der Waals surface area contributed by atoms with Crippen molar-refractivity contribution in [3.05, 3.63) is 24.3 Å². The Morgan fingerprint density at radius 3 is 2.50 bits per heavy atom. The van der Waals surface area contributed by atoms with Gasteiger partial charge in [0.2, 0.25) is 5.91 Å². The highest BCUT2D eigenvalue weighted by molar-refractivity contribution is 5.76. The molecule has 5 nitrogen and oxygen atoms in total. The Hall–Kier alpha value is -1.75. The van der Waals surface area contributed by atoms with E-state index in [1.807, 2.05) is 12.1 Å². The average Bonchev–Trinajstić information content (AvgIpc) is 2.90. The largest absolute Gasteiger partial charge is 0.495 e. The zero-order valence-electron chi connectivity index (χ0n) is 16.2. The monoisotopic (exact) mass is 359 g/mol. The number of piperazine rings is 1. The molecule has 0 bridgehead atoms. The lowest BCUT2D eigenvalue weighted by atomic mass is 10.2. The minimum atomic E-state index is 0.368. The summed E-state index contributed by atoms with van der Waals surface area (Å²) in [7, 11) is 1.74. The first-order valence-electron chi connectivity index (χ1n) is 10.2. The van der Waals surface area contributed by atoms with Gasteiger partial charge in [0.1, 0.15) is 5.75 Å². The van der Waals surface area contributed by atoms with Gasteiger partial charge in [-0.1, -0.05) is 18.6 Å². The van der Waals surface area contributed by atoms with Gasteiger partial charge in [0.25, 0.3) is 0 Å². The third-order valence-corrected chi connectivity index (χ3v) is 5.62. The Bertz CT molecular complexity index is 570. The van der Waals surface area contributed by atoms with Crippen LogP contribution >= 0.6 is 0 Å². The fraction of sp³-hybridized carbons (Fsp3) is 0.667. The van der Waals surface area contributed by atoms with E-state index in [0.717, 1.165) is 70.8 Å². The van der Waals surface area contributed by atoms with Gasteiger partial charge in [-0.2, -0.15) is 0 Å². The van der Waals surface area contributed by atoms with Crippen molar-refractivity contribution in [1.82, 2.24) is 9.80 Å². The molecule has 0 saturated carbocycles. The van der Waals surface area contributed by atoms with Crippen LogP contribution in [0.3, 0.4) is 0 Å². The van der Waals surface area contributed by atoms with Gasteiger partial charge in [-0.3, -0.25) is 9.69 Å². The number of unbranched alkanes of at least 4 members (excludes halogenated alkanes) is 1. The van der Waals surface area contributed by atoms with Crippen LogP contribution in [0.15, 0.2) is 24.3 Å². The number of hydrogen-bond donors (Lipinski definition) is 0. The van der Waals surface area contributed by atoms with E-state index in [9.17, 15) is 4.79 Å². The van der Waals surface area contributed by atoms with Crippen LogP contribution in [0, 0.1) is 0 Å². The molecule has 0 aliphatic carbocycles. The van der Waals surface area contributed by atoms with Gasteiger partial charge in [-0.25, -0.2) is 0 Å². The number of carbonyl (C=O) groups is 1. The van der Waals surface area contributed by atoms with Crippen LogP contribution in [0.25, 0.3) is 0 Å². The molecule has 0 N–H and O–H groups in total. The molecule has 2 aliphatic rings. The van der Waals surface area contributed by atoms with Crippen LogP contribution in [-0.4, -0.2) is 68.6 Å². The normalized spacial score (nSPS) is 19.5. The van der Waals surface area contributed by atoms with Crippen LogP contribution in [0.2, 0.25) is 0 Å². The van der Waals surface area contributed by atoms with Gasteiger partial charge >= 0.3 is 0 Å². The highest BCUT2D eigenvalue weighted by Gasteiger charge is 2.20. The number of nitrogens with zero attached hydrogens (tertiary/aromatic N) is 3. The summed E-state index contributed by atoms with van der Waals surface area (Å²) in [5.41, 5.74) is 1.20. The minimum Gasteiger partial charge on any atom is -0.495 e. The quantitative estimate of drug-likeness (QED) is 0.701. The van der Waals surface area contributed by atoms with Crippen molar-refractivity contribution in [2.24, 2.45) is 0 Å². The highest BCUT2D eigenvalue weighted by atomic mass is 16.5.